The minimum atomic E-state index is -3.77. The number of carbonyl (C=O) groups is 2. The van der Waals surface area contributed by atoms with E-state index in [4.69, 9.17) is 11.6 Å². The van der Waals surface area contributed by atoms with E-state index in [1.54, 1.807) is 13.8 Å². The number of hydrogen-bond donors (Lipinski definition) is 2. The zero-order chi connectivity index (χ0) is 23.5. The first-order valence-electron chi connectivity index (χ1n) is 10.5. The van der Waals surface area contributed by atoms with E-state index in [0.717, 1.165) is 25.7 Å². The van der Waals surface area contributed by atoms with Crippen LogP contribution in [0, 0.1) is 0 Å². The van der Waals surface area contributed by atoms with Crippen LogP contribution in [0.4, 0.5) is 5.69 Å². The Hall–Kier alpha value is -2.43. The highest BCUT2D eigenvalue weighted by Gasteiger charge is 2.25. The number of sulfonamides is 1. The summed E-state index contributed by atoms with van der Waals surface area (Å²) in [6, 6.07) is 3.98. The molecule has 9 nitrogen and oxygen atoms in total. The number of nitrogens with zero attached hydrogens (tertiary/aromatic N) is 3. The van der Waals surface area contributed by atoms with Gasteiger partial charge in [-0.3, -0.25) is 14.3 Å². The molecule has 0 atom stereocenters. The molecule has 1 heterocycles. The number of halogens is 1. The highest BCUT2D eigenvalue weighted by molar-refractivity contribution is 7.89. The van der Waals surface area contributed by atoms with Crippen LogP contribution in [0.2, 0.25) is 5.02 Å². The van der Waals surface area contributed by atoms with E-state index in [2.05, 4.69) is 15.7 Å². The van der Waals surface area contributed by atoms with E-state index in [-0.39, 0.29) is 40.0 Å². The van der Waals surface area contributed by atoms with Crippen LogP contribution in [-0.2, 0) is 21.4 Å². The lowest BCUT2D eigenvalue weighted by Crippen LogP contribution is -2.35. The number of aromatic nitrogens is 2. The topological polar surface area (TPSA) is 113 Å². The van der Waals surface area contributed by atoms with Gasteiger partial charge in [-0.2, -0.15) is 9.40 Å². The molecule has 174 valence electrons. The lowest BCUT2D eigenvalue weighted by atomic mass is 10.2. The zero-order valence-electron chi connectivity index (χ0n) is 18.3. The third-order valence-electron chi connectivity index (χ3n) is 5.50. The van der Waals surface area contributed by atoms with Gasteiger partial charge in [0.05, 0.1) is 27.4 Å². The predicted molar refractivity (Wildman–Crippen MR) is 122 cm³/mol. The molecule has 0 bridgehead atoms. The standard InChI is InChI=1S/C21H28ClN5O4S/c1-14(2)26(3)32(30,31)17-8-9-19(22)18(10-17)21(29)25-16-11-23-27(12-16)13-20(28)24-15-6-4-5-7-15/h8-12,14-15H,4-7,13H2,1-3H3,(H,24,28)(H,25,29). The highest BCUT2D eigenvalue weighted by atomic mass is 35.5. The first-order valence-corrected chi connectivity index (χ1v) is 12.3. The Balaban J connectivity index is 1.69. The maximum absolute atomic E-state index is 12.8. The van der Waals surface area contributed by atoms with Crippen molar-refractivity contribution in [3.05, 3.63) is 41.2 Å². The van der Waals surface area contributed by atoms with Crippen molar-refractivity contribution in [3.63, 3.8) is 0 Å². The molecule has 1 aromatic carbocycles. The van der Waals surface area contributed by atoms with Crippen molar-refractivity contribution in [1.82, 2.24) is 19.4 Å². The molecule has 3 rings (SSSR count). The monoisotopic (exact) mass is 481 g/mol. The van der Waals surface area contributed by atoms with Crippen LogP contribution < -0.4 is 10.6 Å². The van der Waals surface area contributed by atoms with Crippen LogP contribution >= 0.6 is 11.6 Å². The highest BCUT2D eigenvalue weighted by Crippen LogP contribution is 2.24. The fourth-order valence-corrected chi connectivity index (χ4v) is 5.08. The van der Waals surface area contributed by atoms with E-state index in [1.807, 2.05) is 0 Å². The molecule has 1 fully saturated rings. The summed E-state index contributed by atoms with van der Waals surface area (Å²) in [5.41, 5.74) is 0.393. The van der Waals surface area contributed by atoms with Gasteiger partial charge in [-0.25, -0.2) is 8.42 Å². The SMILES string of the molecule is CC(C)N(C)S(=O)(=O)c1ccc(Cl)c(C(=O)Nc2cnn(CC(=O)NC3CCCC3)c2)c1. The van der Waals surface area contributed by atoms with Gasteiger partial charge in [0.2, 0.25) is 15.9 Å². The average molecular weight is 482 g/mol. The Morgan fingerprint density at radius 3 is 2.62 bits per heavy atom. The number of amides is 2. The summed E-state index contributed by atoms with van der Waals surface area (Å²) < 4.78 is 28.1. The Kier molecular flexibility index (Phi) is 7.58. The molecule has 2 N–H and O–H groups in total. The Morgan fingerprint density at radius 2 is 1.97 bits per heavy atom. The fraction of sp³-hybridized carbons (Fsp3) is 0.476. The van der Waals surface area contributed by atoms with Crippen LogP contribution in [-0.4, -0.2) is 53.4 Å². The third-order valence-corrected chi connectivity index (χ3v) is 7.86. The van der Waals surface area contributed by atoms with Crippen molar-refractivity contribution < 1.29 is 18.0 Å². The summed E-state index contributed by atoms with van der Waals surface area (Å²) in [5, 5.41) is 9.86. The molecule has 1 aliphatic carbocycles. The van der Waals surface area contributed by atoms with Crippen LogP contribution in [0.1, 0.15) is 49.9 Å². The Labute approximate surface area is 193 Å². The van der Waals surface area contributed by atoms with Crippen molar-refractivity contribution in [2.45, 2.75) is 63.1 Å². The lowest BCUT2D eigenvalue weighted by molar-refractivity contribution is -0.122. The number of hydrogen-bond acceptors (Lipinski definition) is 5. The second-order valence-electron chi connectivity index (χ2n) is 8.19. The molecular weight excluding hydrogens is 454 g/mol. The number of benzene rings is 1. The minimum Gasteiger partial charge on any atom is -0.352 e. The molecule has 32 heavy (non-hydrogen) atoms. The molecule has 2 aromatic rings. The zero-order valence-corrected chi connectivity index (χ0v) is 19.9. The molecule has 0 radical (unpaired) electrons. The maximum atomic E-state index is 12.8. The molecule has 2 amide bonds. The molecule has 1 aliphatic rings. The number of nitrogens with one attached hydrogen (secondary N) is 2. The van der Waals surface area contributed by atoms with Gasteiger partial charge in [0.25, 0.3) is 5.91 Å². The largest absolute Gasteiger partial charge is 0.352 e. The number of rotatable bonds is 8. The molecule has 1 aromatic heterocycles. The van der Waals surface area contributed by atoms with Crippen molar-refractivity contribution in [2.75, 3.05) is 12.4 Å². The van der Waals surface area contributed by atoms with Gasteiger partial charge in [0.15, 0.2) is 0 Å². The molecular formula is C21H28ClN5O4S. The van der Waals surface area contributed by atoms with Gasteiger partial charge in [-0.1, -0.05) is 24.4 Å². The molecule has 0 spiro atoms. The summed E-state index contributed by atoms with van der Waals surface area (Å²) in [7, 11) is -2.29. The van der Waals surface area contributed by atoms with Gasteiger partial charge >= 0.3 is 0 Å². The van der Waals surface area contributed by atoms with Gasteiger partial charge in [-0.05, 0) is 44.9 Å². The second-order valence-corrected chi connectivity index (χ2v) is 10.6. The third kappa shape index (κ3) is 5.67. The summed E-state index contributed by atoms with van der Waals surface area (Å²) in [6.07, 6.45) is 7.20. The summed E-state index contributed by atoms with van der Waals surface area (Å²) >= 11 is 6.16. The lowest BCUT2D eigenvalue weighted by Gasteiger charge is -2.21. The predicted octanol–water partition coefficient (Wildman–Crippen LogP) is 2.88. The van der Waals surface area contributed by atoms with Gasteiger partial charge in [-0.15, -0.1) is 0 Å². The minimum absolute atomic E-state index is 0.0247. The van der Waals surface area contributed by atoms with Crippen molar-refractivity contribution in [1.29, 1.82) is 0 Å². The normalized spacial score (nSPS) is 14.8. The van der Waals surface area contributed by atoms with Gasteiger partial charge in [0.1, 0.15) is 6.54 Å². The number of carbonyl (C=O) groups excluding carboxylic acids is 2. The summed E-state index contributed by atoms with van der Waals surface area (Å²) in [4.78, 5) is 24.9. The van der Waals surface area contributed by atoms with Crippen LogP contribution in [0.15, 0.2) is 35.5 Å². The van der Waals surface area contributed by atoms with E-state index >= 15 is 0 Å². The van der Waals surface area contributed by atoms with E-state index < -0.39 is 15.9 Å². The molecule has 0 unspecified atom stereocenters. The van der Waals surface area contributed by atoms with E-state index in [1.165, 1.54) is 46.6 Å². The molecule has 11 heteroatoms. The van der Waals surface area contributed by atoms with Crippen LogP contribution in [0.5, 0.6) is 0 Å². The second kappa shape index (κ2) is 10.0. The first kappa shape index (κ1) is 24.2. The fourth-order valence-electron chi connectivity index (χ4n) is 3.49. The van der Waals surface area contributed by atoms with Gasteiger partial charge in [0, 0.05) is 25.3 Å². The van der Waals surface area contributed by atoms with Crippen molar-refractivity contribution in [3.8, 4) is 0 Å². The van der Waals surface area contributed by atoms with E-state index in [9.17, 15) is 18.0 Å². The van der Waals surface area contributed by atoms with E-state index in [0.29, 0.717) is 5.69 Å². The first-order chi connectivity index (χ1) is 15.1. The van der Waals surface area contributed by atoms with Crippen LogP contribution in [0.3, 0.4) is 0 Å². The van der Waals surface area contributed by atoms with Crippen molar-refractivity contribution in [2.24, 2.45) is 0 Å². The maximum Gasteiger partial charge on any atom is 0.257 e. The van der Waals surface area contributed by atoms with Gasteiger partial charge < -0.3 is 10.6 Å². The smallest absolute Gasteiger partial charge is 0.257 e. The van der Waals surface area contributed by atoms with Crippen LogP contribution in [0.25, 0.3) is 0 Å². The Bertz CT molecular complexity index is 1090. The molecule has 1 saturated carbocycles. The average Bonchev–Trinajstić information content (AvgIpc) is 3.39. The quantitative estimate of drug-likeness (QED) is 0.601. The molecule has 0 aliphatic heterocycles. The summed E-state index contributed by atoms with van der Waals surface area (Å²) in [5.74, 6) is -0.706. The Morgan fingerprint density at radius 1 is 1.28 bits per heavy atom. The number of anilines is 1. The molecule has 0 saturated heterocycles. The summed E-state index contributed by atoms with van der Waals surface area (Å²) in [6.45, 7) is 3.56. The van der Waals surface area contributed by atoms with Crippen molar-refractivity contribution >= 4 is 39.1 Å².